The van der Waals surface area contributed by atoms with Crippen LogP contribution < -0.4 is 19.5 Å². The first-order valence-corrected chi connectivity index (χ1v) is 10.8. The predicted octanol–water partition coefficient (Wildman–Crippen LogP) is 6.22. The molecule has 5 heteroatoms. The summed E-state index contributed by atoms with van der Waals surface area (Å²) < 4.78 is 17.3. The zero-order valence-electron chi connectivity index (χ0n) is 19.4. The first kappa shape index (κ1) is 23.2. The molecule has 3 rings (SSSR count). The lowest BCUT2D eigenvalue weighted by Crippen LogP contribution is -2.15. The fraction of sp³-hybridized carbons (Fsp3) is 0.296. The topological polar surface area (TPSA) is 56.8 Å². The molecular formula is C27H31NO4. The van der Waals surface area contributed by atoms with Crippen molar-refractivity contribution in [2.45, 2.75) is 39.7 Å². The molecule has 0 radical (unpaired) electrons. The van der Waals surface area contributed by atoms with Crippen LogP contribution in [0.25, 0.3) is 0 Å². The van der Waals surface area contributed by atoms with E-state index in [1.165, 1.54) is 0 Å². The molecule has 0 fully saturated rings. The van der Waals surface area contributed by atoms with Crippen molar-refractivity contribution in [3.05, 3.63) is 83.4 Å². The Balaban J connectivity index is 1.85. The molecule has 0 bridgehead atoms. The SMILES string of the molecule is CCOc1ccc(C(=O)Nc2ccccc2OC)cc1COc1ccccc1C(C)(C)C. The molecule has 0 aliphatic heterocycles. The van der Waals surface area contributed by atoms with E-state index in [1.807, 2.05) is 49.4 Å². The van der Waals surface area contributed by atoms with Gasteiger partial charge in [-0.05, 0) is 54.3 Å². The third kappa shape index (κ3) is 5.61. The number of ether oxygens (including phenoxy) is 3. The monoisotopic (exact) mass is 433 g/mol. The van der Waals surface area contributed by atoms with Gasteiger partial charge in [0, 0.05) is 11.1 Å². The maximum Gasteiger partial charge on any atom is 0.255 e. The number of methoxy groups -OCH3 is 1. The number of hydrogen-bond acceptors (Lipinski definition) is 4. The number of hydrogen-bond donors (Lipinski definition) is 1. The van der Waals surface area contributed by atoms with E-state index in [4.69, 9.17) is 14.2 Å². The second-order valence-corrected chi connectivity index (χ2v) is 8.44. The third-order valence-corrected chi connectivity index (χ3v) is 5.06. The van der Waals surface area contributed by atoms with Gasteiger partial charge in [0.05, 0.1) is 19.4 Å². The van der Waals surface area contributed by atoms with E-state index in [0.717, 1.165) is 16.9 Å². The number of anilines is 1. The van der Waals surface area contributed by atoms with E-state index in [1.54, 1.807) is 25.3 Å². The van der Waals surface area contributed by atoms with Gasteiger partial charge in [0.2, 0.25) is 0 Å². The van der Waals surface area contributed by atoms with Crippen molar-refractivity contribution >= 4 is 11.6 Å². The summed E-state index contributed by atoms with van der Waals surface area (Å²) in [5.74, 6) is 1.91. The third-order valence-electron chi connectivity index (χ3n) is 5.06. The number of rotatable bonds is 8. The lowest BCUT2D eigenvalue weighted by atomic mass is 9.86. The molecule has 1 N–H and O–H groups in total. The summed E-state index contributed by atoms with van der Waals surface area (Å²) in [7, 11) is 1.58. The summed E-state index contributed by atoms with van der Waals surface area (Å²) in [5.41, 5.74) is 3.02. The Morgan fingerprint density at radius 2 is 1.56 bits per heavy atom. The van der Waals surface area contributed by atoms with Gasteiger partial charge in [-0.25, -0.2) is 0 Å². The highest BCUT2D eigenvalue weighted by molar-refractivity contribution is 6.05. The smallest absolute Gasteiger partial charge is 0.255 e. The van der Waals surface area contributed by atoms with E-state index in [2.05, 4.69) is 32.2 Å². The van der Waals surface area contributed by atoms with Crippen LogP contribution in [0.2, 0.25) is 0 Å². The van der Waals surface area contributed by atoms with Gasteiger partial charge in [0.15, 0.2) is 0 Å². The number of amides is 1. The van der Waals surface area contributed by atoms with Gasteiger partial charge in [0.1, 0.15) is 23.9 Å². The average molecular weight is 434 g/mol. The molecule has 0 spiro atoms. The molecular weight excluding hydrogens is 402 g/mol. The maximum absolute atomic E-state index is 12.9. The Bertz CT molecular complexity index is 1070. The standard InChI is InChI=1S/C27H31NO4/c1-6-31-23-16-15-19(26(29)28-22-12-8-10-14-25(22)30-5)17-20(23)18-32-24-13-9-7-11-21(24)27(2,3)4/h7-17H,6,18H2,1-5H3,(H,28,29). The molecule has 0 aliphatic rings. The molecule has 168 valence electrons. The quantitative estimate of drug-likeness (QED) is 0.458. The fourth-order valence-electron chi connectivity index (χ4n) is 3.44. The molecule has 0 saturated carbocycles. The molecule has 0 aliphatic carbocycles. The number of benzene rings is 3. The number of para-hydroxylation sites is 3. The molecule has 0 saturated heterocycles. The Labute approximate surface area is 190 Å². The van der Waals surface area contributed by atoms with E-state index in [-0.39, 0.29) is 17.9 Å². The number of carbonyl (C=O) groups excluding carboxylic acids is 1. The summed E-state index contributed by atoms with van der Waals surface area (Å²) in [4.78, 5) is 12.9. The second kappa shape index (κ2) is 10.2. The number of carbonyl (C=O) groups is 1. The molecule has 0 heterocycles. The molecule has 0 unspecified atom stereocenters. The van der Waals surface area contributed by atoms with Gasteiger partial charge < -0.3 is 19.5 Å². The summed E-state index contributed by atoms with van der Waals surface area (Å²) in [6.45, 7) is 9.22. The van der Waals surface area contributed by atoms with Gasteiger partial charge in [-0.3, -0.25) is 4.79 Å². The Kier molecular flexibility index (Phi) is 7.41. The molecule has 0 aromatic heterocycles. The molecule has 3 aromatic carbocycles. The number of nitrogens with one attached hydrogen (secondary N) is 1. The minimum Gasteiger partial charge on any atom is -0.495 e. The largest absolute Gasteiger partial charge is 0.495 e. The Morgan fingerprint density at radius 1 is 0.875 bits per heavy atom. The van der Waals surface area contributed by atoms with E-state index in [0.29, 0.717) is 29.4 Å². The van der Waals surface area contributed by atoms with Crippen molar-refractivity contribution in [2.24, 2.45) is 0 Å². The van der Waals surface area contributed by atoms with Crippen LogP contribution in [0.4, 0.5) is 5.69 Å². The lowest BCUT2D eigenvalue weighted by Gasteiger charge is -2.23. The minimum absolute atomic E-state index is 0.0458. The first-order chi connectivity index (χ1) is 15.3. The van der Waals surface area contributed by atoms with E-state index in [9.17, 15) is 4.79 Å². The van der Waals surface area contributed by atoms with Crippen LogP contribution in [-0.2, 0) is 12.0 Å². The summed E-state index contributed by atoms with van der Waals surface area (Å²) in [6.07, 6.45) is 0. The maximum atomic E-state index is 12.9. The highest BCUT2D eigenvalue weighted by Crippen LogP contribution is 2.32. The van der Waals surface area contributed by atoms with Crippen LogP contribution >= 0.6 is 0 Å². The fourth-order valence-corrected chi connectivity index (χ4v) is 3.44. The lowest BCUT2D eigenvalue weighted by molar-refractivity contribution is 0.102. The summed E-state index contributed by atoms with van der Waals surface area (Å²) in [6, 6.07) is 20.7. The summed E-state index contributed by atoms with van der Waals surface area (Å²) in [5, 5.41) is 2.91. The Morgan fingerprint density at radius 3 is 2.25 bits per heavy atom. The predicted molar refractivity (Wildman–Crippen MR) is 128 cm³/mol. The molecule has 5 nitrogen and oxygen atoms in total. The van der Waals surface area contributed by atoms with E-state index < -0.39 is 0 Å². The van der Waals surface area contributed by atoms with Crippen molar-refractivity contribution in [1.82, 2.24) is 0 Å². The van der Waals surface area contributed by atoms with Crippen molar-refractivity contribution in [2.75, 3.05) is 19.0 Å². The van der Waals surface area contributed by atoms with Crippen LogP contribution in [0.3, 0.4) is 0 Å². The average Bonchev–Trinajstić information content (AvgIpc) is 2.78. The van der Waals surface area contributed by atoms with Gasteiger partial charge in [-0.1, -0.05) is 51.1 Å². The first-order valence-electron chi connectivity index (χ1n) is 10.8. The van der Waals surface area contributed by atoms with Crippen LogP contribution in [0.5, 0.6) is 17.2 Å². The van der Waals surface area contributed by atoms with Crippen LogP contribution in [0.15, 0.2) is 66.7 Å². The molecule has 1 amide bonds. The normalized spacial score (nSPS) is 11.0. The van der Waals surface area contributed by atoms with Gasteiger partial charge in [-0.15, -0.1) is 0 Å². The van der Waals surface area contributed by atoms with Crippen LogP contribution in [-0.4, -0.2) is 19.6 Å². The van der Waals surface area contributed by atoms with Gasteiger partial charge in [0.25, 0.3) is 5.91 Å². The second-order valence-electron chi connectivity index (χ2n) is 8.44. The minimum atomic E-state index is -0.228. The van der Waals surface area contributed by atoms with E-state index >= 15 is 0 Å². The highest BCUT2D eigenvalue weighted by Gasteiger charge is 2.19. The van der Waals surface area contributed by atoms with Crippen molar-refractivity contribution in [3.8, 4) is 17.2 Å². The summed E-state index contributed by atoms with van der Waals surface area (Å²) >= 11 is 0. The molecule has 3 aromatic rings. The highest BCUT2D eigenvalue weighted by atomic mass is 16.5. The zero-order chi connectivity index (χ0) is 23.1. The zero-order valence-corrected chi connectivity index (χ0v) is 19.4. The van der Waals surface area contributed by atoms with Gasteiger partial charge in [-0.2, -0.15) is 0 Å². The molecule has 32 heavy (non-hydrogen) atoms. The Hall–Kier alpha value is -3.47. The van der Waals surface area contributed by atoms with Crippen molar-refractivity contribution in [1.29, 1.82) is 0 Å². The van der Waals surface area contributed by atoms with Crippen molar-refractivity contribution < 1.29 is 19.0 Å². The van der Waals surface area contributed by atoms with Crippen molar-refractivity contribution in [3.63, 3.8) is 0 Å². The molecule has 0 atom stereocenters. The van der Waals surface area contributed by atoms with Gasteiger partial charge >= 0.3 is 0 Å². The van der Waals surface area contributed by atoms with Crippen LogP contribution in [0.1, 0.15) is 49.2 Å². The van der Waals surface area contributed by atoms with Crippen LogP contribution in [0, 0.1) is 0 Å².